The van der Waals surface area contributed by atoms with Gasteiger partial charge in [0.2, 0.25) is 0 Å². The fourth-order valence-corrected chi connectivity index (χ4v) is 1.80. The molecule has 0 aromatic heterocycles. The molecule has 0 bridgehead atoms. The molecule has 0 nitrogen and oxygen atoms in total. The van der Waals surface area contributed by atoms with Crippen LogP contribution in [-0.4, -0.2) is 0 Å². The van der Waals surface area contributed by atoms with Gasteiger partial charge in [-0.1, -0.05) is 18.2 Å². The highest BCUT2D eigenvalue weighted by atomic mass is 19.4. The molecule has 2 aromatic rings. The zero-order valence-corrected chi connectivity index (χ0v) is 10.2. The van der Waals surface area contributed by atoms with Gasteiger partial charge in [-0.3, -0.25) is 0 Å². The van der Waals surface area contributed by atoms with Crippen LogP contribution in [0.1, 0.15) is 11.1 Å². The summed E-state index contributed by atoms with van der Waals surface area (Å²) < 4.78 is 88.7. The number of rotatable bonds is 1. The van der Waals surface area contributed by atoms with E-state index in [2.05, 4.69) is 0 Å². The summed E-state index contributed by atoms with van der Waals surface area (Å²) in [5.74, 6) is -1.47. The molecule has 2 aromatic carbocycles. The molecule has 0 aliphatic heterocycles. The van der Waals surface area contributed by atoms with Gasteiger partial charge in [0.15, 0.2) is 0 Å². The zero-order valence-electron chi connectivity index (χ0n) is 10.2. The predicted molar refractivity (Wildman–Crippen MR) is 61.8 cm³/mol. The summed E-state index contributed by atoms with van der Waals surface area (Å²) in [6.07, 6.45) is -9.52. The first-order valence-corrected chi connectivity index (χ1v) is 5.63. The highest BCUT2D eigenvalue weighted by molar-refractivity contribution is 5.65. The Balaban J connectivity index is 2.53. The standard InChI is InChI=1S/C14H7F7/c15-12-5-4-9(7-11(12)14(19,20)21)8-2-1-3-10(6-8)13(16,17)18/h1-7H. The Kier molecular flexibility index (Phi) is 3.69. The predicted octanol–water partition coefficient (Wildman–Crippen LogP) is 5.53. The molecular weight excluding hydrogens is 301 g/mol. The lowest BCUT2D eigenvalue weighted by Crippen LogP contribution is -2.08. The van der Waals surface area contributed by atoms with E-state index in [0.29, 0.717) is 18.2 Å². The van der Waals surface area contributed by atoms with Gasteiger partial charge in [-0.05, 0) is 35.4 Å². The molecular formula is C14H7F7. The number of hydrogen-bond acceptors (Lipinski definition) is 0. The molecule has 0 aliphatic rings. The summed E-state index contributed by atoms with van der Waals surface area (Å²) in [7, 11) is 0. The van der Waals surface area contributed by atoms with Gasteiger partial charge in [0.05, 0.1) is 11.1 Å². The minimum Gasteiger partial charge on any atom is -0.206 e. The third-order valence-electron chi connectivity index (χ3n) is 2.79. The maximum absolute atomic E-state index is 13.1. The maximum Gasteiger partial charge on any atom is 0.419 e. The Morgan fingerprint density at radius 2 is 1.29 bits per heavy atom. The van der Waals surface area contributed by atoms with Crippen LogP contribution in [0.25, 0.3) is 11.1 Å². The highest BCUT2D eigenvalue weighted by Crippen LogP contribution is 2.36. The first-order chi connectivity index (χ1) is 9.59. The maximum atomic E-state index is 13.1. The number of hydrogen-bond donors (Lipinski definition) is 0. The molecule has 21 heavy (non-hydrogen) atoms. The van der Waals surface area contributed by atoms with E-state index in [4.69, 9.17) is 0 Å². The summed E-state index contributed by atoms with van der Waals surface area (Å²) in [6.45, 7) is 0. The van der Waals surface area contributed by atoms with E-state index in [1.54, 1.807) is 0 Å². The molecule has 0 unspecified atom stereocenters. The molecule has 0 saturated heterocycles. The Bertz CT molecular complexity index is 653. The fraction of sp³-hybridized carbons (Fsp3) is 0.143. The van der Waals surface area contributed by atoms with Gasteiger partial charge in [-0.25, -0.2) is 4.39 Å². The molecule has 0 spiro atoms. The molecule has 112 valence electrons. The molecule has 0 N–H and O–H groups in total. The molecule has 0 aliphatic carbocycles. The van der Waals surface area contributed by atoms with Crippen molar-refractivity contribution in [2.45, 2.75) is 12.4 Å². The van der Waals surface area contributed by atoms with Crippen LogP contribution in [0.3, 0.4) is 0 Å². The third kappa shape index (κ3) is 3.34. The summed E-state index contributed by atoms with van der Waals surface area (Å²) in [5, 5.41) is 0. The number of halogens is 7. The van der Waals surface area contributed by atoms with Gasteiger partial charge < -0.3 is 0 Å². The number of benzene rings is 2. The average Bonchev–Trinajstić information content (AvgIpc) is 2.37. The molecule has 2 rings (SSSR count). The first-order valence-electron chi connectivity index (χ1n) is 5.63. The second kappa shape index (κ2) is 5.05. The van der Waals surface area contributed by atoms with E-state index in [1.165, 1.54) is 6.07 Å². The Hall–Kier alpha value is -2.05. The van der Waals surface area contributed by atoms with Crippen molar-refractivity contribution < 1.29 is 30.7 Å². The van der Waals surface area contributed by atoms with E-state index in [0.717, 1.165) is 18.2 Å². The van der Waals surface area contributed by atoms with E-state index >= 15 is 0 Å². The minimum atomic E-state index is -4.91. The lowest BCUT2D eigenvalue weighted by Gasteiger charge is -2.12. The summed E-state index contributed by atoms with van der Waals surface area (Å²) in [6, 6.07) is 5.89. The van der Waals surface area contributed by atoms with Gasteiger partial charge in [-0.15, -0.1) is 0 Å². The Labute approximate surface area is 114 Å². The Morgan fingerprint density at radius 1 is 0.667 bits per heavy atom. The molecule has 0 atom stereocenters. The van der Waals surface area contributed by atoms with E-state index in [-0.39, 0.29) is 11.1 Å². The molecule has 0 saturated carbocycles. The molecule has 7 heteroatoms. The number of alkyl halides is 6. The summed E-state index contributed by atoms with van der Waals surface area (Å²) in [4.78, 5) is 0. The monoisotopic (exact) mass is 308 g/mol. The van der Waals surface area contributed by atoms with Crippen molar-refractivity contribution in [2.24, 2.45) is 0 Å². The molecule has 0 amide bonds. The van der Waals surface area contributed by atoms with Gasteiger partial charge >= 0.3 is 12.4 Å². The largest absolute Gasteiger partial charge is 0.419 e. The third-order valence-corrected chi connectivity index (χ3v) is 2.79. The van der Waals surface area contributed by atoms with E-state index in [9.17, 15) is 30.7 Å². The average molecular weight is 308 g/mol. The van der Waals surface area contributed by atoms with Crippen molar-refractivity contribution in [1.29, 1.82) is 0 Å². The van der Waals surface area contributed by atoms with E-state index < -0.39 is 29.3 Å². The van der Waals surface area contributed by atoms with Crippen LogP contribution in [0.15, 0.2) is 42.5 Å². The highest BCUT2D eigenvalue weighted by Gasteiger charge is 2.34. The normalized spacial score (nSPS) is 12.5. The quantitative estimate of drug-likeness (QED) is 0.608. The van der Waals surface area contributed by atoms with Crippen LogP contribution in [0, 0.1) is 5.82 Å². The van der Waals surface area contributed by atoms with Crippen LogP contribution in [0.4, 0.5) is 30.7 Å². The second-order valence-electron chi connectivity index (χ2n) is 4.27. The molecule has 0 radical (unpaired) electrons. The summed E-state index contributed by atoms with van der Waals surface area (Å²) in [5.41, 5.74) is -2.72. The van der Waals surface area contributed by atoms with Crippen molar-refractivity contribution in [3.63, 3.8) is 0 Å². The van der Waals surface area contributed by atoms with Crippen molar-refractivity contribution in [1.82, 2.24) is 0 Å². The SMILES string of the molecule is Fc1ccc(-c2cccc(C(F)(F)F)c2)cc1C(F)(F)F. The molecule has 0 fully saturated rings. The lowest BCUT2D eigenvalue weighted by atomic mass is 10.0. The lowest BCUT2D eigenvalue weighted by molar-refractivity contribution is -0.140. The Morgan fingerprint density at radius 3 is 1.86 bits per heavy atom. The van der Waals surface area contributed by atoms with Crippen LogP contribution in [-0.2, 0) is 12.4 Å². The van der Waals surface area contributed by atoms with E-state index in [1.807, 2.05) is 0 Å². The van der Waals surface area contributed by atoms with Crippen molar-refractivity contribution >= 4 is 0 Å². The van der Waals surface area contributed by atoms with Crippen LogP contribution < -0.4 is 0 Å². The fourth-order valence-electron chi connectivity index (χ4n) is 1.80. The molecule has 0 heterocycles. The van der Waals surface area contributed by atoms with Crippen molar-refractivity contribution in [2.75, 3.05) is 0 Å². The topological polar surface area (TPSA) is 0 Å². The second-order valence-corrected chi connectivity index (χ2v) is 4.27. The van der Waals surface area contributed by atoms with Crippen LogP contribution >= 0.6 is 0 Å². The van der Waals surface area contributed by atoms with Gasteiger partial charge in [0.1, 0.15) is 5.82 Å². The van der Waals surface area contributed by atoms with Gasteiger partial charge in [0, 0.05) is 0 Å². The van der Waals surface area contributed by atoms with Crippen LogP contribution in [0.5, 0.6) is 0 Å². The zero-order chi connectivity index (χ0) is 15.8. The smallest absolute Gasteiger partial charge is 0.206 e. The van der Waals surface area contributed by atoms with Crippen LogP contribution in [0.2, 0.25) is 0 Å². The van der Waals surface area contributed by atoms with Gasteiger partial charge in [-0.2, -0.15) is 26.3 Å². The minimum absolute atomic E-state index is 0.0738. The van der Waals surface area contributed by atoms with Gasteiger partial charge in [0.25, 0.3) is 0 Å². The van der Waals surface area contributed by atoms with Crippen molar-refractivity contribution in [3.05, 3.63) is 59.4 Å². The summed E-state index contributed by atoms with van der Waals surface area (Å²) >= 11 is 0. The first kappa shape index (κ1) is 15.3. The van der Waals surface area contributed by atoms with Crippen molar-refractivity contribution in [3.8, 4) is 11.1 Å².